The first kappa shape index (κ1) is 15.4. The van der Waals surface area contributed by atoms with Gasteiger partial charge in [-0.3, -0.25) is 9.88 Å². The Labute approximate surface area is 122 Å². The van der Waals surface area contributed by atoms with Gasteiger partial charge in [0.1, 0.15) is 0 Å². The minimum Gasteiger partial charge on any atom is -0.383 e. The monoisotopic (exact) mass is 277 g/mol. The molecule has 0 amide bonds. The molecule has 0 aromatic carbocycles. The molecule has 112 valence electrons. The lowest BCUT2D eigenvalue weighted by Crippen LogP contribution is -2.37. The van der Waals surface area contributed by atoms with Gasteiger partial charge in [0.25, 0.3) is 0 Å². The molecule has 4 heteroatoms. The zero-order valence-electron chi connectivity index (χ0n) is 12.8. The smallest absolute Gasteiger partial charge is 0.0587 e. The molecule has 0 saturated carbocycles. The Balaban J connectivity index is 1.66. The molecular formula is C16H27N3O. The number of aryl methyl sites for hydroxylation is 1. The molecule has 2 heterocycles. The number of hydrogen-bond donors (Lipinski definition) is 1. The quantitative estimate of drug-likeness (QED) is 0.772. The summed E-state index contributed by atoms with van der Waals surface area (Å²) in [6.45, 7) is 8.44. The van der Waals surface area contributed by atoms with Gasteiger partial charge in [-0.25, -0.2) is 0 Å². The highest BCUT2D eigenvalue weighted by Crippen LogP contribution is 2.18. The van der Waals surface area contributed by atoms with E-state index in [0.29, 0.717) is 0 Å². The largest absolute Gasteiger partial charge is 0.383 e. The minimum absolute atomic E-state index is 0.805. The lowest BCUT2D eigenvalue weighted by Gasteiger charge is -2.32. The van der Waals surface area contributed by atoms with E-state index in [4.69, 9.17) is 4.74 Å². The first-order valence-corrected chi connectivity index (χ1v) is 7.60. The van der Waals surface area contributed by atoms with E-state index >= 15 is 0 Å². The number of nitrogens with zero attached hydrogens (tertiary/aromatic N) is 2. The van der Waals surface area contributed by atoms with Crippen molar-refractivity contribution < 1.29 is 4.74 Å². The van der Waals surface area contributed by atoms with E-state index < -0.39 is 0 Å². The standard InChI is InChI=1S/C16H27N3O/c1-14-9-16(12-18-10-14)13-19-6-3-15(4-7-19)11-17-5-8-20-2/h9-10,12,15,17H,3-8,11,13H2,1-2H3. The summed E-state index contributed by atoms with van der Waals surface area (Å²) in [5, 5.41) is 3.47. The fourth-order valence-electron chi connectivity index (χ4n) is 2.79. The number of pyridine rings is 1. The molecule has 0 aliphatic carbocycles. The number of piperidine rings is 1. The lowest BCUT2D eigenvalue weighted by atomic mass is 9.96. The first-order chi connectivity index (χ1) is 9.78. The maximum atomic E-state index is 5.05. The van der Waals surface area contributed by atoms with Crippen molar-refractivity contribution in [1.29, 1.82) is 0 Å². The average Bonchev–Trinajstić information content (AvgIpc) is 2.45. The van der Waals surface area contributed by atoms with Crippen LogP contribution in [-0.4, -0.2) is 49.8 Å². The number of rotatable bonds is 7. The maximum absolute atomic E-state index is 5.05. The Morgan fingerprint density at radius 2 is 2.15 bits per heavy atom. The predicted molar refractivity (Wildman–Crippen MR) is 81.7 cm³/mol. The molecule has 20 heavy (non-hydrogen) atoms. The van der Waals surface area contributed by atoms with E-state index in [9.17, 15) is 0 Å². The Morgan fingerprint density at radius 1 is 1.35 bits per heavy atom. The van der Waals surface area contributed by atoms with Crippen molar-refractivity contribution in [2.24, 2.45) is 5.92 Å². The van der Waals surface area contributed by atoms with Gasteiger partial charge >= 0.3 is 0 Å². The van der Waals surface area contributed by atoms with Crippen LogP contribution in [0.3, 0.4) is 0 Å². The van der Waals surface area contributed by atoms with E-state index in [1.54, 1.807) is 7.11 Å². The average molecular weight is 277 g/mol. The number of aromatic nitrogens is 1. The van der Waals surface area contributed by atoms with E-state index in [2.05, 4.69) is 28.2 Å². The van der Waals surface area contributed by atoms with Gasteiger partial charge in [-0.1, -0.05) is 6.07 Å². The van der Waals surface area contributed by atoms with Crippen LogP contribution in [0.2, 0.25) is 0 Å². The highest BCUT2D eigenvalue weighted by Gasteiger charge is 2.18. The van der Waals surface area contributed by atoms with Crippen LogP contribution in [-0.2, 0) is 11.3 Å². The van der Waals surface area contributed by atoms with Crippen molar-refractivity contribution in [1.82, 2.24) is 15.2 Å². The first-order valence-electron chi connectivity index (χ1n) is 7.60. The third kappa shape index (κ3) is 5.19. The van der Waals surface area contributed by atoms with E-state index in [1.807, 2.05) is 12.4 Å². The third-order valence-electron chi connectivity index (χ3n) is 3.96. The number of methoxy groups -OCH3 is 1. The summed E-state index contributed by atoms with van der Waals surface area (Å²) in [4.78, 5) is 6.82. The molecule has 0 bridgehead atoms. The van der Waals surface area contributed by atoms with E-state index in [-0.39, 0.29) is 0 Å². The van der Waals surface area contributed by atoms with Gasteiger partial charge in [0.15, 0.2) is 0 Å². The van der Waals surface area contributed by atoms with Gasteiger partial charge in [0, 0.05) is 32.6 Å². The van der Waals surface area contributed by atoms with E-state index in [0.717, 1.165) is 32.2 Å². The molecular weight excluding hydrogens is 250 g/mol. The second-order valence-electron chi connectivity index (χ2n) is 5.79. The molecule has 1 N–H and O–H groups in total. The van der Waals surface area contributed by atoms with Gasteiger partial charge < -0.3 is 10.1 Å². The van der Waals surface area contributed by atoms with Crippen LogP contribution in [0.25, 0.3) is 0 Å². The zero-order chi connectivity index (χ0) is 14.2. The maximum Gasteiger partial charge on any atom is 0.0587 e. The van der Waals surface area contributed by atoms with Gasteiger partial charge in [-0.15, -0.1) is 0 Å². The van der Waals surface area contributed by atoms with Crippen LogP contribution < -0.4 is 5.32 Å². The molecule has 1 aromatic heterocycles. The Hall–Kier alpha value is -0.970. The molecule has 1 aromatic rings. The topological polar surface area (TPSA) is 37.4 Å². The molecule has 4 nitrogen and oxygen atoms in total. The molecule has 0 radical (unpaired) electrons. The van der Waals surface area contributed by atoms with Crippen molar-refractivity contribution in [3.05, 3.63) is 29.6 Å². The van der Waals surface area contributed by atoms with Crippen molar-refractivity contribution in [2.75, 3.05) is 39.9 Å². The van der Waals surface area contributed by atoms with Gasteiger partial charge in [-0.2, -0.15) is 0 Å². The minimum atomic E-state index is 0.805. The zero-order valence-corrected chi connectivity index (χ0v) is 12.8. The molecule has 1 aliphatic rings. The Bertz CT molecular complexity index is 389. The van der Waals surface area contributed by atoms with Crippen LogP contribution in [0.4, 0.5) is 0 Å². The van der Waals surface area contributed by atoms with Crippen LogP contribution >= 0.6 is 0 Å². The summed E-state index contributed by atoms with van der Waals surface area (Å²) in [5.74, 6) is 0.818. The molecule has 0 atom stereocenters. The molecule has 1 fully saturated rings. The summed E-state index contributed by atoms with van der Waals surface area (Å²) in [6, 6.07) is 2.24. The van der Waals surface area contributed by atoms with Crippen molar-refractivity contribution in [3.63, 3.8) is 0 Å². The highest BCUT2D eigenvalue weighted by molar-refractivity contribution is 5.16. The van der Waals surface area contributed by atoms with E-state index in [1.165, 1.54) is 37.1 Å². The van der Waals surface area contributed by atoms with Crippen LogP contribution in [0.5, 0.6) is 0 Å². The summed E-state index contributed by atoms with van der Waals surface area (Å²) < 4.78 is 5.05. The summed E-state index contributed by atoms with van der Waals surface area (Å²) >= 11 is 0. The fourth-order valence-corrected chi connectivity index (χ4v) is 2.79. The predicted octanol–water partition coefficient (Wildman–Crippen LogP) is 1.84. The van der Waals surface area contributed by atoms with Crippen molar-refractivity contribution >= 4 is 0 Å². The number of hydrogen-bond acceptors (Lipinski definition) is 4. The van der Waals surface area contributed by atoms with Crippen molar-refractivity contribution in [2.45, 2.75) is 26.3 Å². The fraction of sp³-hybridized carbons (Fsp3) is 0.688. The number of nitrogens with one attached hydrogen (secondary N) is 1. The molecule has 0 spiro atoms. The normalized spacial score (nSPS) is 17.5. The third-order valence-corrected chi connectivity index (χ3v) is 3.96. The summed E-state index contributed by atoms with van der Waals surface area (Å²) in [7, 11) is 1.75. The summed E-state index contributed by atoms with van der Waals surface area (Å²) in [5.41, 5.74) is 2.58. The van der Waals surface area contributed by atoms with Gasteiger partial charge in [-0.05, 0) is 56.4 Å². The second kappa shape index (κ2) is 8.35. The van der Waals surface area contributed by atoms with Crippen molar-refractivity contribution in [3.8, 4) is 0 Å². The molecule has 1 aliphatic heterocycles. The molecule has 0 unspecified atom stereocenters. The summed E-state index contributed by atoms with van der Waals surface area (Å²) in [6.07, 6.45) is 6.49. The molecule has 2 rings (SSSR count). The van der Waals surface area contributed by atoms with Crippen LogP contribution in [0.15, 0.2) is 18.5 Å². The van der Waals surface area contributed by atoms with Crippen LogP contribution in [0.1, 0.15) is 24.0 Å². The highest BCUT2D eigenvalue weighted by atomic mass is 16.5. The number of likely N-dealkylation sites (tertiary alicyclic amines) is 1. The lowest BCUT2D eigenvalue weighted by molar-refractivity contribution is 0.168. The Kier molecular flexibility index (Phi) is 6.43. The van der Waals surface area contributed by atoms with Gasteiger partial charge in [0.2, 0.25) is 0 Å². The molecule has 1 saturated heterocycles. The SMILES string of the molecule is COCCNCC1CCN(Cc2cncc(C)c2)CC1. The second-order valence-corrected chi connectivity index (χ2v) is 5.79. The Morgan fingerprint density at radius 3 is 2.85 bits per heavy atom. The number of ether oxygens (including phenoxy) is 1. The van der Waals surface area contributed by atoms with Gasteiger partial charge in [0.05, 0.1) is 6.61 Å². The van der Waals surface area contributed by atoms with Crippen LogP contribution in [0, 0.1) is 12.8 Å².